The number of hydrogen-bond acceptors (Lipinski definition) is 6. The normalized spacial score (nSPS) is 19.4. The third-order valence-electron chi connectivity index (χ3n) is 6.07. The second-order valence-electron chi connectivity index (χ2n) is 8.47. The molecule has 2 aliphatic rings. The van der Waals surface area contributed by atoms with Crippen molar-refractivity contribution in [2.24, 2.45) is 4.99 Å². The summed E-state index contributed by atoms with van der Waals surface area (Å²) in [6.07, 6.45) is 8.76. The standard InChI is InChI=1S/C23H23N7O2/c31-22-18(27-23(32)29-22)10-14-12-24-30-20(25-15-8-9-15)11-19(28-21(14)30)26-17-7-3-5-13-4-1-2-6-16(13)17/h1-2,4,6,10-12,15,17,26,31H,3,5,7-9H2,(H2,27,29,32)/b14-10+,25-20?. The van der Waals surface area contributed by atoms with Crippen LogP contribution in [0.15, 0.2) is 46.3 Å². The monoisotopic (exact) mass is 429 g/mol. The molecule has 0 saturated heterocycles. The third-order valence-corrected chi connectivity index (χ3v) is 6.07. The molecule has 6 rings (SSSR count). The molecular formula is C23H23N7O2. The average molecular weight is 429 g/mol. The SMILES string of the molecule is O=c1[nH]c(O)c(/C=c2\cnn3c(=NC4CC4)cc(NC4CCCc5ccccc54)nc23)[nH]1. The van der Waals surface area contributed by atoms with Gasteiger partial charge in [0, 0.05) is 11.3 Å². The summed E-state index contributed by atoms with van der Waals surface area (Å²) in [7, 11) is 0. The van der Waals surface area contributed by atoms with Crippen LogP contribution in [0.3, 0.4) is 0 Å². The molecule has 3 heterocycles. The Hall–Kier alpha value is -3.88. The molecule has 32 heavy (non-hydrogen) atoms. The second-order valence-corrected chi connectivity index (χ2v) is 8.47. The fourth-order valence-corrected chi connectivity index (χ4v) is 4.35. The van der Waals surface area contributed by atoms with Gasteiger partial charge in [-0.1, -0.05) is 24.3 Å². The summed E-state index contributed by atoms with van der Waals surface area (Å²) >= 11 is 0. The smallest absolute Gasteiger partial charge is 0.326 e. The molecule has 0 bridgehead atoms. The van der Waals surface area contributed by atoms with Crippen molar-refractivity contribution in [1.82, 2.24) is 24.6 Å². The van der Waals surface area contributed by atoms with Crippen LogP contribution < -0.4 is 21.7 Å². The Labute approximate surface area is 182 Å². The highest BCUT2D eigenvalue weighted by Gasteiger charge is 2.22. The van der Waals surface area contributed by atoms with E-state index in [9.17, 15) is 9.90 Å². The lowest BCUT2D eigenvalue weighted by Gasteiger charge is -2.26. The highest BCUT2D eigenvalue weighted by Crippen LogP contribution is 2.31. The molecule has 1 fully saturated rings. The van der Waals surface area contributed by atoms with E-state index in [0.29, 0.717) is 16.9 Å². The number of imidazole rings is 1. The highest BCUT2D eigenvalue weighted by molar-refractivity contribution is 5.58. The molecule has 0 aliphatic heterocycles. The molecule has 9 heteroatoms. The molecule has 1 saturated carbocycles. The van der Waals surface area contributed by atoms with Crippen LogP contribution in [0.5, 0.6) is 5.88 Å². The van der Waals surface area contributed by atoms with E-state index in [2.05, 4.69) is 44.6 Å². The Kier molecular flexibility index (Phi) is 4.34. The van der Waals surface area contributed by atoms with Crippen molar-refractivity contribution in [3.63, 3.8) is 0 Å². The minimum atomic E-state index is -0.471. The number of nitrogens with zero attached hydrogens (tertiary/aromatic N) is 4. The number of nitrogens with one attached hydrogen (secondary N) is 3. The first-order valence-electron chi connectivity index (χ1n) is 10.9. The van der Waals surface area contributed by atoms with E-state index >= 15 is 0 Å². The van der Waals surface area contributed by atoms with E-state index in [1.54, 1.807) is 16.8 Å². The van der Waals surface area contributed by atoms with Gasteiger partial charge in [-0.3, -0.25) is 9.98 Å². The van der Waals surface area contributed by atoms with Gasteiger partial charge in [0.2, 0.25) is 5.88 Å². The topological polar surface area (TPSA) is 123 Å². The number of aryl methyl sites for hydroxylation is 1. The summed E-state index contributed by atoms with van der Waals surface area (Å²) in [6, 6.07) is 11.0. The summed E-state index contributed by atoms with van der Waals surface area (Å²) in [6.45, 7) is 0. The predicted octanol–water partition coefficient (Wildman–Crippen LogP) is 1.55. The zero-order chi connectivity index (χ0) is 21.7. The number of rotatable bonds is 4. The van der Waals surface area contributed by atoms with E-state index in [1.165, 1.54) is 11.1 Å². The number of benzene rings is 1. The molecule has 162 valence electrons. The number of hydrogen-bond donors (Lipinski definition) is 4. The summed E-state index contributed by atoms with van der Waals surface area (Å²) in [5.41, 5.74) is 3.87. The van der Waals surface area contributed by atoms with Crippen LogP contribution in [0.4, 0.5) is 5.82 Å². The first-order chi connectivity index (χ1) is 15.6. The van der Waals surface area contributed by atoms with E-state index in [0.717, 1.165) is 43.4 Å². The maximum Gasteiger partial charge on any atom is 0.326 e. The highest BCUT2D eigenvalue weighted by atomic mass is 16.3. The van der Waals surface area contributed by atoms with Crippen molar-refractivity contribution >= 4 is 17.5 Å². The number of aromatic hydroxyl groups is 1. The van der Waals surface area contributed by atoms with Crippen molar-refractivity contribution in [2.45, 2.75) is 44.2 Å². The van der Waals surface area contributed by atoms with Crippen molar-refractivity contribution in [3.05, 3.63) is 74.5 Å². The van der Waals surface area contributed by atoms with Crippen molar-refractivity contribution in [3.8, 4) is 5.88 Å². The van der Waals surface area contributed by atoms with Gasteiger partial charge in [-0.15, -0.1) is 0 Å². The van der Waals surface area contributed by atoms with Gasteiger partial charge in [0.05, 0.1) is 18.3 Å². The van der Waals surface area contributed by atoms with Gasteiger partial charge in [-0.05, 0) is 49.3 Å². The number of H-pyrrole nitrogens is 2. The fraction of sp³-hybridized carbons (Fsp3) is 0.304. The van der Waals surface area contributed by atoms with Crippen LogP contribution in [0.25, 0.3) is 11.7 Å². The minimum Gasteiger partial charge on any atom is -0.493 e. The van der Waals surface area contributed by atoms with Crippen LogP contribution in [0.2, 0.25) is 0 Å². The summed E-state index contributed by atoms with van der Waals surface area (Å²) in [4.78, 5) is 26.1. The van der Waals surface area contributed by atoms with E-state index in [1.807, 2.05) is 6.07 Å². The lowest BCUT2D eigenvalue weighted by Crippen LogP contribution is -2.23. The molecule has 2 aliphatic carbocycles. The lowest BCUT2D eigenvalue weighted by atomic mass is 9.88. The number of anilines is 1. The molecule has 1 aromatic carbocycles. The van der Waals surface area contributed by atoms with Gasteiger partial charge in [0.15, 0.2) is 11.1 Å². The Morgan fingerprint density at radius 2 is 2.09 bits per heavy atom. The predicted molar refractivity (Wildman–Crippen MR) is 119 cm³/mol. The van der Waals surface area contributed by atoms with Crippen LogP contribution >= 0.6 is 0 Å². The molecule has 0 radical (unpaired) electrons. The van der Waals surface area contributed by atoms with Crippen molar-refractivity contribution in [2.75, 3.05) is 5.32 Å². The van der Waals surface area contributed by atoms with Gasteiger partial charge in [0.25, 0.3) is 0 Å². The summed E-state index contributed by atoms with van der Waals surface area (Å²) in [5, 5.41) is 18.7. The first-order valence-corrected chi connectivity index (χ1v) is 10.9. The van der Waals surface area contributed by atoms with Crippen LogP contribution in [-0.4, -0.2) is 35.7 Å². The van der Waals surface area contributed by atoms with Gasteiger partial charge in [-0.25, -0.2) is 9.78 Å². The molecule has 4 N–H and O–H groups in total. The molecular weight excluding hydrogens is 406 g/mol. The lowest BCUT2D eigenvalue weighted by molar-refractivity contribution is 0.454. The Morgan fingerprint density at radius 1 is 1.22 bits per heavy atom. The Balaban J connectivity index is 1.48. The fourth-order valence-electron chi connectivity index (χ4n) is 4.35. The first kappa shape index (κ1) is 18.9. The largest absolute Gasteiger partial charge is 0.493 e. The number of fused-ring (bicyclic) bond motifs is 2. The van der Waals surface area contributed by atoms with Crippen LogP contribution in [0.1, 0.15) is 48.5 Å². The number of aromatic amines is 2. The average Bonchev–Trinajstić information content (AvgIpc) is 3.42. The Bertz CT molecular complexity index is 1490. The van der Waals surface area contributed by atoms with Crippen molar-refractivity contribution < 1.29 is 5.11 Å². The molecule has 4 aromatic rings. The van der Waals surface area contributed by atoms with E-state index in [4.69, 9.17) is 9.98 Å². The van der Waals surface area contributed by atoms with E-state index < -0.39 is 5.69 Å². The van der Waals surface area contributed by atoms with Crippen molar-refractivity contribution in [1.29, 1.82) is 0 Å². The third kappa shape index (κ3) is 3.45. The van der Waals surface area contributed by atoms with Gasteiger partial charge < -0.3 is 15.4 Å². The molecule has 9 nitrogen and oxygen atoms in total. The molecule has 1 atom stereocenters. The zero-order valence-corrected chi connectivity index (χ0v) is 17.4. The molecule has 0 amide bonds. The second kappa shape index (κ2) is 7.37. The van der Waals surface area contributed by atoms with Gasteiger partial charge in [-0.2, -0.15) is 9.61 Å². The zero-order valence-electron chi connectivity index (χ0n) is 17.4. The number of aromatic nitrogens is 5. The maximum atomic E-state index is 11.5. The van der Waals surface area contributed by atoms with Gasteiger partial charge >= 0.3 is 5.69 Å². The summed E-state index contributed by atoms with van der Waals surface area (Å²) < 4.78 is 1.71. The quantitative estimate of drug-likeness (QED) is 0.392. The van der Waals surface area contributed by atoms with E-state index in [-0.39, 0.29) is 17.6 Å². The van der Waals surface area contributed by atoms with Gasteiger partial charge in [0.1, 0.15) is 11.5 Å². The van der Waals surface area contributed by atoms with Crippen LogP contribution in [0, 0.1) is 0 Å². The molecule has 3 aromatic heterocycles. The molecule has 0 spiro atoms. The Morgan fingerprint density at radius 3 is 2.91 bits per heavy atom. The maximum absolute atomic E-state index is 11.5. The molecule has 1 unspecified atom stereocenters. The van der Waals surface area contributed by atoms with Crippen LogP contribution in [-0.2, 0) is 6.42 Å². The minimum absolute atomic E-state index is 0.184. The summed E-state index contributed by atoms with van der Waals surface area (Å²) in [5.74, 6) is 0.519.